The molecule has 0 bridgehead atoms. The smallest absolute Gasteiger partial charge is 0.303 e. The normalized spacial score (nSPS) is 19.6. The van der Waals surface area contributed by atoms with Gasteiger partial charge in [0.2, 0.25) is 5.91 Å². The summed E-state index contributed by atoms with van der Waals surface area (Å²) in [6.45, 7) is 5.36. The molecule has 1 atom stereocenters. The molecule has 5 nitrogen and oxygen atoms in total. The molecule has 1 aliphatic rings. The summed E-state index contributed by atoms with van der Waals surface area (Å²) in [4.78, 5) is 24.4. The van der Waals surface area contributed by atoms with Gasteiger partial charge in [0.05, 0.1) is 6.04 Å². The number of hydrogen-bond donors (Lipinski definition) is 2. The maximum atomic E-state index is 12.2. The van der Waals surface area contributed by atoms with E-state index in [1.807, 2.05) is 13.8 Å². The number of carboxylic acid groups (broad SMARTS) is 1. The molecule has 1 amide bonds. The Kier molecular flexibility index (Phi) is 5.41. The van der Waals surface area contributed by atoms with E-state index in [4.69, 9.17) is 5.11 Å². The fourth-order valence-corrected chi connectivity index (χ4v) is 2.12. The van der Waals surface area contributed by atoms with Crippen LogP contribution in [0.15, 0.2) is 0 Å². The van der Waals surface area contributed by atoms with Crippen LogP contribution in [0, 0.1) is 0 Å². The Labute approximate surface area is 102 Å². The van der Waals surface area contributed by atoms with Crippen LogP contribution in [0.5, 0.6) is 0 Å². The van der Waals surface area contributed by atoms with Gasteiger partial charge in [0.15, 0.2) is 0 Å². The first-order valence-corrected chi connectivity index (χ1v) is 6.28. The highest BCUT2D eigenvalue weighted by Gasteiger charge is 2.27. The average Bonchev–Trinajstić information content (AvgIpc) is 2.75. The van der Waals surface area contributed by atoms with E-state index in [1.54, 1.807) is 4.90 Å². The number of rotatable bonds is 6. The topological polar surface area (TPSA) is 69.6 Å². The summed E-state index contributed by atoms with van der Waals surface area (Å²) < 4.78 is 0. The van der Waals surface area contributed by atoms with Crippen molar-refractivity contribution in [3.8, 4) is 0 Å². The van der Waals surface area contributed by atoms with E-state index in [0.717, 1.165) is 19.4 Å². The van der Waals surface area contributed by atoms with Gasteiger partial charge >= 0.3 is 5.97 Å². The first-order valence-electron chi connectivity index (χ1n) is 6.28. The Morgan fingerprint density at radius 3 is 2.65 bits per heavy atom. The molecule has 98 valence electrons. The zero-order valence-corrected chi connectivity index (χ0v) is 10.6. The molecular formula is C12H22N2O3. The van der Waals surface area contributed by atoms with Crippen molar-refractivity contribution in [3.63, 3.8) is 0 Å². The second-order valence-corrected chi connectivity index (χ2v) is 4.77. The van der Waals surface area contributed by atoms with Crippen LogP contribution in [0.1, 0.15) is 39.5 Å². The summed E-state index contributed by atoms with van der Waals surface area (Å²) in [5.74, 6) is -0.692. The number of hydrogen-bond acceptors (Lipinski definition) is 3. The van der Waals surface area contributed by atoms with E-state index in [9.17, 15) is 9.59 Å². The van der Waals surface area contributed by atoms with Crippen LogP contribution in [-0.4, -0.2) is 47.1 Å². The molecule has 0 saturated carbocycles. The fourth-order valence-electron chi connectivity index (χ4n) is 2.12. The highest BCUT2D eigenvalue weighted by molar-refractivity contribution is 5.82. The van der Waals surface area contributed by atoms with Gasteiger partial charge in [-0.15, -0.1) is 0 Å². The largest absolute Gasteiger partial charge is 0.481 e. The van der Waals surface area contributed by atoms with Crippen molar-refractivity contribution >= 4 is 11.9 Å². The van der Waals surface area contributed by atoms with Crippen LogP contribution in [0.3, 0.4) is 0 Å². The molecule has 5 heteroatoms. The first-order chi connectivity index (χ1) is 8.02. The van der Waals surface area contributed by atoms with Crippen molar-refractivity contribution in [1.82, 2.24) is 10.2 Å². The van der Waals surface area contributed by atoms with Gasteiger partial charge in [-0.25, -0.2) is 0 Å². The van der Waals surface area contributed by atoms with E-state index >= 15 is 0 Å². The third kappa shape index (κ3) is 4.34. The summed E-state index contributed by atoms with van der Waals surface area (Å²) in [7, 11) is 0. The van der Waals surface area contributed by atoms with Crippen molar-refractivity contribution in [2.45, 2.75) is 51.6 Å². The summed E-state index contributed by atoms with van der Waals surface area (Å²) in [6, 6.07) is 0.0564. The minimum Gasteiger partial charge on any atom is -0.481 e. The summed E-state index contributed by atoms with van der Waals surface area (Å²) in [6.07, 6.45) is 2.57. The van der Waals surface area contributed by atoms with Crippen molar-refractivity contribution in [1.29, 1.82) is 0 Å². The molecule has 0 spiro atoms. The van der Waals surface area contributed by atoms with Crippen molar-refractivity contribution in [2.75, 3.05) is 13.1 Å². The zero-order valence-electron chi connectivity index (χ0n) is 10.6. The SMILES string of the molecule is CC(C)N(CCCC(=O)O)C(=O)[C@H]1CCCN1. The molecule has 1 rings (SSSR count). The highest BCUT2D eigenvalue weighted by atomic mass is 16.4. The van der Waals surface area contributed by atoms with Gasteiger partial charge in [0, 0.05) is 19.0 Å². The van der Waals surface area contributed by atoms with E-state index in [0.29, 0.717) is 13.0 Å². The van der Waals surface area contributed by atoms with Crippen molar-refractivity contribution in [3.05, 3.63) is 0 Å². The lowest BCUT2D eigenvalue weighted by Crippen LogP contribution is -2.47. The standard InChI is InChI=1S/C12H22N2O3/c1-9(2)14(8-4-6-11(15)16)12(17)10-5-3-7-13-10/h9-10,13H,3-8H2,1-2H3,(H,15,16)/t10-/m1/s1. The highest BCUT2D eigenvalue weighted by Crippen LogP contribution is 2.12. The van der Waals surface area contributed by atoms with Gasteiger partial charge in [-0.2, -0.15) is 0 Å². The lowest BCUT2D eigenvalue weighted by Gasteiger charge is -2.29. The van der Waals surface area contributed by atoms with E-state index in [1.165, 1.54) is 0 Å². The number of aliphatic carboxylic acids is 1. The van der Waals surface area contributed by atoms with Gasteiger partial charge in [-0.05, 0) is 39.7 Å². The van der Waals surface area contributed by atoms with Gasteiger partial charge in [0.25, 0.3) is 0 Å². The van der Waals surface area contributed by atoms with E-state index in [2.05, 4.69) is 5.32 Å². The molecule has 0 unspecified atom stereocenters. The Balaban J connectivity index is 2.46. The zero-order chi connectivity index (χ0) is 12.8. The predicted molar refractivity (Wildman–Crippen MR) is 64.7 cm³/mol. The number of nitrogens with zero attached hydrogens (tertiary/aromatic N) is 1. The van der Waals surface area contributed by atoms with Crippen molar-refractivity contribution in [2.24, 2.45) is 0 Å². The van der Waals surface area contributed by atoms with Crippen LogP contribution in [0.25, 0.3) is 0 Å². The average molecular weight is 242 g/mol. The number of carbonyl (C=O) groups is 2. The Bertz CT molecular complexity index is 273. The third-order valence-electron chi connectivity index (χ3n) is 3.05. The number of nitrogens with one attached hydrogen (secondary N) is 1. The second-order valence-electron chi connectivity index (χ2n) is 4.77. The van der Waals surface area contributed by atoms with Gasteiger partial charge in [0.1, 0.15) is 0 Å². The molecular weight excluding hydrogens is 220 g/mol. The van der Waals surface area contributed by atoms with Gasteiger partial charge in [-0.3, -0.25) is 9.59 Å². The molecule has 1 heterocycles. The van der Waals surface area contributed by atoms with Crippen LogP contribution in [-0.2, 0) is 9.59 Å². The van der Waals surface area contributed by atoms with Crippen LogP contribution in [0.2, 0.25) is 0 Å². The minimum atomic E-state index is -0.805. The number of amides is 1. The molecule has 1 aliphatic heterocycles. The maximum Gasteiger partial charge on any atom is 0.303 e. The fraction of sp³-hybridized carbons (Fsp3) is 0.833. The Morgan fingerprint density at radius 2 is 2.18 bits per heavy atom. The molecule has 0 radical (unpaired) electrons. The molecule has 0 aromatic heterocycles. The molecule has 0 aromatic rings. The molecule has 2 N–H and O–H groups in total. The van der Waals surface area contributed by atoms with Gasteiger partial charge in [-0.1, -0.05) is 0 Å². The van der Waals surface area contributed by atoms with Crippen molar-refractivity contribution < 1.29 is 14.7 Å². The summed E-state index contributed by atoms with van der Waals surface area (Å²) >= 11 is 0. The van der Waals surface area contributed by atoms with Crippen LogP contribution >= 0.6 is 0 Å². The van der Waals surface area contributed by atoms with Crippen LogP contribution < -0.4 is 5.32 Å². The second kappa shape index (κ2) is 6.59. The molecule has 1 fully saturated rings. The van der Waals surface area contributed by atoms with E-state index < -0.39 is 5.97 Å². The molecule has 0 aromatic carbocycles. The minimum absolute atomic E-state index is 0.0674. The predicted octanol–water partition coefficient (Wildman–Crippen LogP) is 0.840. The molecule has 0 aliphatic carbocycles. The van der Waals surface area contributed by atoms with Crippen LogP contribution in [0.4, 0.5) is 0 Å². The summed E-state index contributed by atoms with van der Waals surface area (Å²) in [5, 5.41) is 11.8. The summed E-state index contributed by atoms with van der Waals surface area (Å²) in [5.41, 5.74) is 0. The molecule has 1 saturated heterocycles. The molecule has 17 heavy (non-hydrogen) atoms. The third-order valence-corrected chi connectivity index (χ3v) is 3.05. The first kappa shape index (κ1) is 14.0. The lowest BCUT2D eigenvalue weighted by atomic mass is 10.1. The Morgan fingerprint density at radius 1 is 1.47 bits per heavy atom. The maximum absolute atomic E-state index is 12.2. The van der Waals surface area contributed by atoms with E-state index in [-0.39, 0.29) is 24.4 Å². The lowest BCUT2D eigenvalue weighted by molar-refractivity contribution is -0.139. The monoisotopic (exact) mass is 242 g/mol. The van der Waals surface area contributed by atoms with Gasteiger partial charge < -0.3 is 15.3 Å². The number of carbonyl (C=O) groups excluding carboxylic acids is 1. The number of carboxylic acids is 1. The quantitative estimate of drug-likeness (QED) is 0.724. The Hall–Kier alpha value is -1.10.